The molecule has 0 radical (unpaired) electrons. The fourth-order valence-corrected chi connectivity index (χ4v) is 3.61. The van der Waals surface area contributed by atoms with Gasteiger partial charge in [0.2, 0.25) is 5.91 Å². The summed E-state index contributed by atoms with van der Waals surface area (Å²) in [6.07, 6.45) is 1.56. The fourth-order valence-electron chi connectivity index (χ4n) is 2.58. The molecule has 0 fully saturated rings. The van der Waals surface area contributed by atoms with Gasteiger partial charge in [-0.2, -0.15) is 4.99 Å². The average Bonchev–Trinajstić information content (AvgIpc) is 2.99. The first-order valence-electron chi connectivity index (χ1n) is 8.89. The van der Waals surface area contributed by atoms with E-state index >= 15 is 0 Å². The van der Waals surface area contributed by atoms with Crippen LogP contribution in [0.5, 0.6) is 5.75 Å². The van der Waals surface area contributed by atoms with Gasteiger partial charge in [0.05, 0.1) is 4.91 Å². The maximum atomic E-state index is 12.2. The number of halogens is 1. The molecule has 0 atom stereocenters. The lowest BCUT2D eigenvalue weighted by molar-refractivity contribution is -0.118. The van der Waals surface area contributed by atoms with Gasteiger partial charge in [-0.3, -0.25) is 14.4 Å². The van der Waals surface area contributed by atoms with Crippen molar-refractivity contribution in [2.75, 3.05) is 11.9 Å². The van der Waals surface area contributed by atoms with Gasteiger partial charge in [-0.1, -0.05) is 23.7 Å². The zero-order chi connectivity index (χ0) is 21.7. The molecular formula is C21H18ClN3O4S. The third-order valence-corrected chi connectivity index (χ3v) is 4.96. The second-order valence-electron chi connectivity index (χ2n) is 6.40. The zero-order valence-corrected chi connectivity index (χ0v) is 17.8. The van der Waals surface area contributed by atoms with Crippen LogP contribution in [0, 0.1) is 6.92 Å². The fraction of sp³-hybridized carbons (Fsp3) is 0.143. The van der Waals surface area contributed by atoms with Crippen LogP contribution in [-0.2, 0) is 14.4 Å². The number of hydrogen-bond donors (Lipinski definition) is 2. The van der Waals surface area contributed by atoms with Crippen LogP contribution < -0.4 is 15.4 Å². The number of carbonyl (C=O) groups excluding carboxylic acids is 3. The topological polar surface area (TPSA) is 96.9 Å². The Kier molecular flexibility index (Phi) is 6.91. The molecule has 0 saturated heterocycles. The summed E-state index contributed by atoms with van der Waals surface area (Å²) >= 11 is 7.12. The highest BCUT2D eigenvalue weighted by Gasteiger charge is 2.23. The predicted octanol–water partition coefficient (Wildman–Crippen LogP) is 3.77. The molecule has 0 saturated carbocycles. The monoisotopic (exact) mass is 443 g/mol. The molecule has 1 heterocycles. The van der Waals surface area contributed by atoms with Crippen LogP contribution in [0.3, 0.4) is 0 Å². The number of aryl methyl sites for hydroxylation is 1. The number of rotatable bonds is 5. The molecule has 0 aliphatic carbocycles. The Morgan fingerprint density at radius 3 is 2.73 bits per heavy atom. The highest BCUT2D eigenvalue weighted by Crippen LogP contribution is 2.31. The number of aliphatic imine (C=N–C) groups is 1. The number of carbonyl (C=O) groups is 3. The van der Waals surface area contributed by atoms with Crippen molar-refractivity contribution in [1.29, 1.82) is 0 Å². The summed E-state index contributed by atoms with van der Waals surface area (Å²) in [6.45, 7) is 3.05. The third kappa shape index (κ3) is 5.95. The Morgan fingerprint density at radius 1 is 1.20 bits per heavy atom. The predicted molar refractivity (Wildman–Crippen MR) is 119 cm³/mol. The number of nitrogens with zero attached hydrogens (tertiary/aromatic N) is 1. The third-order valence-electron chi connectivity index (χ3n) is 3.82. The summed E-state index contributed by atoms with van der Waals surface area (Å²) in [7, 11) is 0. The molecule has 30 heavy (non-hydrogen) atoms. The Balaban J connectivity index is 1.70. The molecule has 2 aromatic carbocycles. The second kappa shape index (κ2) is 9.60. The van der Waals surface area contributed by atoms with E-state index in [1.54, 1.807) is 30.3 Å². The van der Waals surface area contributed by atoms with E-state index < -0.39 is 5.91 Å². The first kappa shape index (κ1) is 21.6. The number of thioether (sulfide) groups is 1. The molecule has 0 bridgehead atoms. The minimum Gasteiger partial charge on any atom is -0.483 e. The van der Waals surface area contributed by atoms with Gasteiger partial charge in [0.25, 0.3) is 11.8 Å². The molecule has 9 heteroatoms. The van der Waals surface area contributed by atoms with Gasteiger partial charge >= 0.3 is 0 Å². The number of amides is 3. The largest absolute Gasteiger partial charge is 0.483 e. The van der Waals surface area contributed by atoms with E-state index in [4.69, 9.17) is 16.3 Å². The summed E-state index contributed by atoms with van der Waals surface area (Å²) < 4.78 is 5.65. The van der Waals surface area contributed by atoms with Crippen molar-refractivity contribution < 1.29 is 19.1 Å². The Morgan fingerprint density at radius 2 is 2.00 bits per heavy atom. The van der Waals surface area contributed by atoms with E-state index in [0.717, 1.165) is 17.3 Å². The van der Waals surface area contributed by atoms with Crippen LogP contribution >= 0.6 is 23.4 Å². The second-order valence-corrected chi connectivity index (χ2v) is 7.87. The molecule has 0 aromatic heterocycles. The maximum Gasteiger partial charge on any atom is 0.286 e. The van der Waals surface area contributed by atoms with Crippen LogP contribution in [0.4, 0.5) is 5.69 Å². The summed E-state index contributed by atoms with van der Waals surface area (Å²) in [5, 5.41) is 5.90. The molecule has 1 aliphatic rings. The lowest BCUT2D eigenvalue weighted by atomic mass is 10.2. The molecule has 0 spiro atoms. The number of benzene rings is 2. The molecule has 2 aromatic rings. The number of amidine groups is 1. The molecule has 2 N–H and O–H groups in total. The number of nitrogens with one attached hydrogen (secondary N) is 2. The minimum absolute atomic E-state index is 0.209. The molecular weight excluding hydrogens is 426 g/mol. The van der Waals surface area contributed by atoms with Gasteiger partial charge < -0.3 is 15.4 Å². The van der Waals surface area contributed by atoms with Crippen molar-refractivity contribution >= 4 is 58.0 Å². The standard InChI is InChI=1S/C21H18ClN3O4S/c1-12-4-3-5-16(8-12)24-19(27)11-29-17-7-6-15(22)9-14(17)10-18-20(28)25-21(30-18)23-13(2)26/h3-10H,11H2,1-2H3,(H,24,27)(H,23,25,26,28)/b18-10-. The van der Waals surface area contributed by atoms with E-state index in [1.807, 2.05) is 25.1 Å². The van der Waals surface area contributed by atoms with Crippen molar-refractivity contribution in [3.05, 3.63) is 63.5 Å². The van der Waals surface area contributed by atoms with Gasteiger partial charge in [-0.15, -0.1) is 0 Å². The molecule has 3 rings (SSSR count). The molecule has 154 valence electrons. The van der Waals surface area contributed by atoms with E-state index in [0.29, 0.717) is 26.9 Å². The number of hydrogen-bond acceptors (Lipinski definition) is 5. The first-order chi connectivity index (χ1) is 14.3. The van der Waals surface area contributed by atoms with Gasteiger partial charge in [0.1, 0.15) is 5.75 Å². The summed E-state index contributed by atoms with van der Waals surface area (Å²) in [4.78, 5) is 39.6. The average molecular weight is 444 g/mol. The number of ether oxygens (including phenoxy) is 1. The van der Waals surface area contributed by atoms with E-state index in [2.05, 4.69) is 15.6 Å². The zero-order valence-electron chi connectivity index (χ0n) is 16.2. The van der Waals surface area contributed by atoms with Crippen LogP contribution in [0.1, 0.15) is 18.1 Å². The van der Waals surface area contributed by atoms with Gasteiger partial charge in [0.15, 0.2) is 11.8 Å². The molecule has 1 aliphatic heterocycles. The Labute approximate surface area is 182 Å². The van der Waals surface area contributed by atoms with Crippen LogP contribution in [0.15, 0.2) is 52.4 Å². The van der Waals surface area contributed by atoms with Gasteiger partial charge in [-0.25, -0.2) is 0 Å². The quantitative estimate of drug-likeness (QED) is 0.685. The Hall–Kier alpha value is -3.10. The molecule has 7 nitrogen and oxygen atoms in total. The smallest absolute Gasteiger partial charge is 0.286 e. The van der Waals surface area contributed by atoms with Crippen molar-refractivity contribution in [1.82, 2.24) is 5.32 Å². The SMILES string of the molecule is CC(=O)NC1=NC(=O)/C(=C/c2cc(Cl)ccc2OCC(=O)Nc2cccc(C)c2)S1. The first-order valence-corrected chi connectivity index (χ1v) is 10.1. The van der Waals surface area contributed by atoms with Crippen molar-refractivity contribution in [2.45, 2.75) is 13.8 Å². The number of anilines is 1. The van der Waals surface area contributed by atoms with Crippen molar-refractivity contribution in [2.24, 2.45) is 4.99 Å². The summed E-state index contributed by atoms with van der Waals surface area (Å²) in [5.41, 5.74) is 2.22. The molecule has 0 unspecified atom stereocenters. The minimum atomic E-state index is -0.480. The normalized spacial score (nSPS) is 14.4. The molecule has 3 amide bonds. The highest BCUT2D eigenvalue weighted by molar-refractivity contribution is 8.18. The van der Waals surface area contributed by atoms with Crippen molar-refractivity contribution in [3.8, 4) is 5.75 Å². The van der Waals surface area contributed by atoms with Crippen LogP contribution in [0.25, 0.3) is 6.08 Å². The summed E-state index contributed by atoms with van der Waals surface area (Å²) in [6, 6.07) is 12.3. The van der Waals surface area contributed by atoms with Crippen LogP contribution in [-0.4, -0.2) is 29.5 Å². The van der Waals surface area contributed by atoms with Gasteiger partial charge in [0, 0.05) is 23.2 Å². The van der Waals surface area contributed by atoms with E-state index in [1.165, 1.54) is 6.92 Å². The maximum absolute atomic E-state index is 12.2. The van der Waals surface area contributed by atoms with E-state index in [-0.39, 0.29) is 23.6 Å². The lowest BCUT2D eigenvalue weighted by Crippen LogP contribution is -2.23. The Bertz CT molecular complexity index is 1080. The van der Waals surface area contributed by atoms with Gasteiger partial charge in [-0.05, 0) is 60.7 Å². The van der Waals surface area contributed by atoms with Crippen molar-refractivity contribution in [3.63, 3.8) is 0 Å². The highest BCUT2D eigenvalue weighted by atomic mass is 35.5. The van der Waals surface area contributed by atoms with Crippen LogP contribution in [0.2, 0.25) is 5.02 Å². The van der Waals surface area contributed by atoms with E-state index in [9.17, 15) is 14.4 Å². The lowest BCUT2D eigenvalue weighted by Gasteiger charge is -2.11. The summed E-state index contributed by atoms with van der Waals surface area (Å²) in [5.74, 6) is -0.738.